The molecule has 0 unspecified atom stereocenters. The molecular formula is C12H11NO3. The second-order valence-electron chi connectivity index (χ2n) is 3.40. The van der Waals surface area contributed by atoms with Gasteiger partial charge < -0.3 is 15.6 Å². The van der Waals surface area contributed by atoms with E-state index in [-0.39, 0.29) is 17.0 Å². The number of anilines is 1. The van der Waals surface area contributed by atoms with Gasteiger partial charge in [-0.2, -0.15) is 0 Å². The number of methoxy groups -OCH3 is 1. The van der Waals surface area contributed by atoms with E-state index in [2.05, 4.69) is 4.74 Å². The van der Waals surface area contributed by atoms with Crippen molar-refractivity contribution in [3.8, 4) is 5.75 Å². The normalized spacial score (nSPS) is 10.3. The minimum Gasteiger partial charge on any atom is -0.505 e. The monoisotopic (exact) mass is 217 g/mol. The van der Waals surface area contributed by atoms with E-state index in [1.807, 2.05) is 18.2 Å². The van der Waals surface area contributed by atoms with E-state index < -0.39 is 5.97 Å². The van der Waals surface area contributed by atoms with Gasteiger partial charge in [0.15, 0.2) is 5.75 Å². The average molecular weight is 217 g/mol. The minimum absolute atomic E-state index is 0.0821. The van der Waals surface area contributed by atoms with Gasteiger partial charge in [0.05, 0.1) is 12.8 Å². The third-order valence-corrected chi connectivity index (χ3v) is 2.47. The first-order valence-electron chi connectivity index (χ1n) is 4.73. The van der Waals surface area contributed by atoms with Crippen LogP contribution >= 0.6 is 0 Å². The second-order valence-corrected chi connectivity index (χ2v) is 3.40. The van der Waals surface area contributed by atoms with Crippen molar-refractivity contribution >= 4 is 22.4 Å². The molecule has 3 N–H and O–H groups in total. The Morgan fingerprint density at radius 1 is 1.38 bits per heavy atom. The van der Waals surface area contributed by atoms with Crippen LogP contribution < -0.4 is 5.73 Å². The van der Waals surface area contributed by atoms with E-state index in [0.29, 0.717) is 5.39 Å². The van der Waals surface area contributed by atoms with Gasteiger partial charge in [-0.25, -0.2) is 4.79 Å². The fourth-order valence-corrected chi connectivity index (χ4v) is 1.63. The molecule has 0 heterocycles. The van der Waals surface area contributed by atoms with Crippen LogP contribution in [0.4, 0.5) is 5.69 Å². The number of hydrogen-bond acceptors (Lipinski definition) is 4. The van der Waals surface area contributed by atoms with Crippen LogP contribution in [0, 0.1) is 0 Å². The van der Waals surface area contributed by atoms with E-state index in [0.717, 1.165) is 5.39 Å². The highest BCUT2D eigenvalue weighted by atomic mass is 16.5. The molecule has 2 rings (SSSR count). The molecule has 4 nitrogen and oxygen atoms in total. The molecular weight excluding hydrogens is 206 g/mol. The Kier molecular flexibility index (Phi) is 2.40. The van der Waals surface area contributed by atoms with Crippen LogP contribution in [0.15, 0.2) is 30.3 Å². The standard InChI is InChI=1S/C12H11NO3/c1-16-12(15)9-6-7-4-2-3-5-8(7)10(13)11(9)14/h2-6,14H,13H2,1H3. The molecule has 2 aromatic rings. The number of carbonyl (C=O) groups is 1. The van der Waals surface area contributed by atoms with Crippen LogP contribution in [0.5, 0.6) is 5.75 Å². The van der Waals surface area contributed by atoms with Crippen LogP contribution in [0.2, 0.25) is 0 Å². The summed E-state index contributed by atoms with van der Waals surface area (Å²) >= 11 is 0. The van der Waals surface area contributed by atoms with Crippen LogP contribution in [0.1, 0.15) is 10.4 Å². The van der Waals surface area contributed by atoms with Crippen molar-refractivity contribution in [2.45, 2.75) is 0 Å². The molecule has 0 aliphatic heterocycles. The molecule has 0 fully saturated rings. The SMILES string of the molecule is COC(=O)c1cc2ccccc2c(N)c1O. The predicted octanol–water partition coefficient (Wildman–Crippen LogP) is 1.91. The maximum atomic E-state index is 11.4. The summed E-state index contributed by atoms with van der Waals surface area (Å²) < 4.78 is 4.57. The quantitative estimate of drug-likeness (QED) is 0.435. The third kappa shape index (κ3) is 1.44. The largest absolute Gasteiger partial charge is 0.505 e. The van der Waals surface area contributed by atoms with Crippen LogP contribution in [0.3, 0.4) is 0 Å². The van der Waals surface area contributed by atoms with Gasteiger partial charge in [-0.15, -0.1) is 0 Å². The summed E-state index contributed by atoms with van der Waals surface area (Å²) in [5.74, 6) is -0.833. The van der Waals surface area contributed by atoms with Crippen molar-refractivity contribution in [2.24, 2.45) is 0 Å². The van der Waals surface area contributed by atoms with E-state index in [1.165, 1.54) is 7.11 Å². The Labute approximate surface area is 92.3 Å². The van der Waals surface area contributed by atoms with Gasteiger partial charge >= 0.3 is 5.97 Å². The van der Waals surface area contributed by atoms with Gasteiger partial charge in [-0.05, 0) is 11.5 Å². The van der Waals surface area contributed by atoms with Crippen LogP contribution in [-0.2, 0) is 4.74 Å². The number of rotatable bonds is 1. The molecule has 0 atom stereocenters. The number of phenolic OH excluding ortho intramolecular Hbond substituents is 1. The molecule has 0 aliphatic rings. The molecule has 0 spiro atoms. The molecule has 0 radical (unpaired) electrons. The predicted molar refractivity (Wildman–Crippen MR) is 61.4 cm³/mol. The lowest BCUT2D eigenvalue weighted by molar-refractivity contribution is 0.0598. The first-order valence-corrected chi connectivity index (χ1v) is 4.73. The first-order chi connectivity index (χ1) is 7.65. The topological polar surface area (TPSA) is 72.5 Å². The number of benzene rings is 2. The van der Waals surface area contributed by atoms with Crippen molar-refractivity contribution in [3.63, 3.8) is 0 Å². The Morgan fingerprint density at radius 2 is 2.06 bits per heavy atom. The number of fused-ring (bicyclic) bond motifs is 1. The molecule has 2 aromatic carbocycles. The summed E-state index contributed by atoms with van der Waals surface area (Å²) in [5, 5.41) is 11.3. The van der Waals surface area contributed by atoms with Gasteiger partial charge in [0.1, 0.15) is 5.56 Å². The number of ether oxygens (including phenoxy) is 1. The fourth-order valence-electron chi connectivity index (χ4n) is 1.63. The maximum absolute atomic E-state index is 11.4. The lowest BCUT2D eigenvalue weighted by Gasteiger charge is -2.08. The molecule has 0 aromatic heterocycles. The lowest BCUT2D eigenvalue weighted by Crippen LogP contribution is -2.03. The van der Waals surface area contributed by atoms with Crippen molar-refractivity contribution in [1.29, 1.82) is 0 Å². The van der Waals surface area contributed by atoms with Crippen LogP contribution in [0.25, 0.3) is 10.8 Å². The van der Waals surface area contributed by atoms with Crippen molar-refractivity contribution in [1.82, 2.24) is 0 Å². The molecule has 4 heteroatoms. The number of hydrogen-bond donors (Lipinski definition) is 2. The first kappa shape index (κ1) is 10.3. The van der Waals surface area contributed by atoms with Crippen molar-refractivity contribution < 1.29 is 14.6 Å². The minimum atomic E-state index is -0.602. The molecule has 0 saturated heterocycles. The smallest absolute Gasteiger partial charge is 0.341 e. The van der Waals surface area contributed by atoms with Gasteiger partial charge in [0.2, 0.25) is 0 Å². The second kappa shape index (κ2) is 3.73. The summed E-state index contributed by atoms with van der Waals surface area (Å²) in [6, 6.07) is 8.81. The molecule has 16 heavy (non-hydrogen) atoms. The van der Waals surface area contributed by atoms with E-state index in [1.54, 1.807) is 12.1 Å². The highest BCUT2D eigenvalue weighted by molar-refractivity contribution is 6.05. The van der Waals surface area contributed by atoms with Gasteiger partial charge in [-0.1, -0.05) is 24.3 Å². The third-order valence-electron chi connectivity index (χ3n) is 2.47. The van der Waals surface area contributed by atoms with E-state index >= 15 is 0 Å². The molecule has 0 amide bonds. The zero-order valence-corrected chi connectivity index (χ0v) is 8.73. The van der Waals surface area contributed by atoms with Crippen molar-refractivity contribution in [2.75, 3.05) is 12.8 Å². The zero-order chi connectivity index (χ0) is 11.7. The lowest BCUT2D eigenvalue weighted by atomic mass is 10.0. The Hall–Kier alpha value is -2.23. The van der Waals surface area contributed by atoms with E-state index in [9.17, 15) is 9.90 Å². The summed E-state index contributed by atoms with van der Waals surface area (Å²) in [6.45, 7) is 0. The average Bonchev–Trinajstić information content (AvgIpc) is 2.33. The molecule has 0 bridgehead atoms. The van der Waals surface area contributed by atoms with Crippen molar-refractivity contribution in [3.05, 3.63) is 35.9 Å². The van der Waals surface area contributed by atoms with E-state index in [4.69, 9.17) is 5.73 Å². The van der Waals surface area contributed by atoms with Gasteiger partial charge in [0, 0.05) is 5.39 Å². The maximum Gasteiger partial charge on any atom is 0.341 e. The zero-order valence-electron chi connectivity index (χ0n) is 8.73. The summed E-state index contributed by atoms with van der Waals surface area (Å²) in [6.07, 6.45) is 0. The number of esters is 1. The molecule has 82 valence electrons. The Morgan fingerprint density at radius 3 is 2.75 bits per heavy atom. The number of aromatic hydroxyl groups is 1. The Balaban J connectivity index is 2.78. The summed E-state index contributed by atoms with van der Waals surface area (Å²) in [5.41, 5.74) is 6.03. The number of carbonyl (C=O) groups excluding carboxylic acids is 1. The summed E-state index contributed by atoms with van der Waals surface area (Å²) in [7, 11) is 1.26. The Bertz CT molecular complexity index is 563. The number of phenols is 1. The fraction of sp³-hybridized carbons (Fsp3) is 0.0833. The number of nitrogens with two attached hydrogens (primary N) is 1. The summed E-state index contributed by atoms with van der Waals surface area (Å²) in [4.78, 5) is 11.4. The van der Waals surface area contributed by atoms with Crippen LogP contribution in [-0.4, -0.2) is 18.2 Å². The number of nitrogen functional groups attached to an aromatic ring is 1. The molecule has 0 saturated carbocycles. The molecule has 0 aliphatic carbocycles. The highest BCUT2D eigenvalue weighted by Gasteiger charge is 2.16. The van der Waals surface area contributed by atoms with Gasteiger partial charge in [-0.3, -0.25) is 0 Å². The van der Waals surface area contributed by atoms with Gasteiger partial charge in [0.25, 0.3) is 0 Å². The highest BCUT2D eigenvalue weighted by Crippen LogP contribution is 2.33.